The van der Waals surface area contributed by atoms with Crippen LogP contribution in [0, 0.1) is 5.41 Å². The van der Waals surface area contributed by atoms with Gasteiger partial charge in [-0.3, -0.25) is 5.41 Å². The molecule has 0 fully saturated rings. The van der Waals surface area contributed by atoms with Crippen molar-refractivity contribution < 1.29 is 9.90 Å². The molecule has 0 saturated carbocycles. The fraction of sp³-hybridized carbons (Fsp3) is 0.143. The van der Waals surface area contributed by atoms with Crippen molar-refractivity contribution in [1.82, 2.24) is 4.57 Å². The zero-order chi connectivity index (χ0) is 8.43. The van der Waals surface area contributed by atoms with Gasteiger partial charge in [0.1, 0.15) is 11.1 Å². The minimum atomic E-state index is -1.06. The first-order valence-electron chi connectivity index (χ1n) is 3.06. The van der Waals surface area contributed by atoms with Crippen molar-refractivity contribution in [3.8, 4) is 0 Å². The molecule has 1 aromatic heterocycles. The molecule has 0 atom stereocenters. The number of carboxylic acid groups (broad SMARTS) is 1. The molecule has 0 aliphatic heterocycles. The number of carbonyl (C=O) groups is 1. The summed E-state index contributed by atoms with van der Waals surface area (Å²) in [6.07, 6.45) is 1.63. The van der Waals surface area contributed by atoms with Gasteiger partial charge in [0.15, 0.2) is 0 Å². The molecule has 58 valence electrons. The Balaban J connectivity index is 3.40. The monoisotopic (exact) mass is 152 g/mol. The van der Waals surface area contributed by atoms with Crippen molar-refractivity contribution in [2.24, 2.45) is 7.05 Å². The van der Waals surface area contributed by atoms with Crippen LogP contribution in [0.5, 0.6) is 0 Å². The number of rotatable bonds is 1. The summed E-state index contributed by atoms with van der Waals surface area (Å²) < 4.78 is 1.45. The lowest BCUT2D eigenvalue weighted by molar-refractivity contribution is 0.0693. The number of carboxylic acids is 1. The Morgan fingerprint density at radius 2 is 2.36 bits per heavy atom. The first kappa shape index (κ1) is 7.53. The normalized spacial score (nSPS) is 9.55. The summed E-state index contributed by atoms with van der Waals surface area (Å²) in [7, 11) is 1.63. The van der Waals surface area contributed by atoms with Gasteiger partial charge in [0.05, 0.1) is 0 Å². The van der Waals surface area contributed by atoms with Crippen molar-refractivity contribution in [2.75, 3.05) is 0 Å². The molecule has 11 heavy (non-hydrogen) atoms. The summed E-state index contributed by atoms with van der Waals surface area (Å²) in [5.41, 5.74) is 0.0370. The van der Waals surface area contributed by atoms with E-state index < -0.39 is 5.97 Å². The van der Waals surface area contributed by atoms with E-state index in [4.69, 9.17) is 10.5 Å². The average molecular weight is 152 g/mol. The predicted octanol–water partition coefficient (Wildman–Crippen LogP) is 0.203. The van der Waals surface area contributed by atoms with E-state index in [1.165, 1.54) is 10.6 Å². The summed E-state index contributed by atoms with van der Waals surface area (Å²) >= 11 is 0. The topological polar surface area (TPSA) is 66.1 Å². The van der Waals surface area contributed by atoms with Crippen molar-refractivity contribution in [3.05, 3.63) is 29.4 Å². The van der Waals surface area contributed by atoms with Crippen LogP contribution < -0.4 is 5.49 Å². The molecule has 1 heterocycles. The Hall–Kier alpha value is -1.58. The lowest BCUT2D eigenvalue weighted by atomic mass is 10.3. The highest BCUT2D eigenvalue weighted by atomic mass is 16.4. The van der Waals surface area contributed by atoms with Crippen LogP contribution in [-0.2, 0) is 7.05 Å². The first-order valence-corrected chi connectivity index (χ1v) is 3.06. The molecule has 0 bridgehead atoms. The molecule has 4 nitrogen and oxygen atoms in total. The van der Waals surface area contributed by atoms with Gasteiger partial charge in [-0.15, -0.1) is 0 Å². The molecule has 0 saturated heterocycles. The molecular weight excluding hydrogens is 144 g/mol. The van der Waals surface area contributed by atoms with Crippen molar-refractivity contribution in [1.29, 1.82) is 5.41 Å². The van der Waals surface area contributed by atoms with E-state index in [0.29, 0.717) is 0 Å². The van der Waals surface area contributed by atoms with Gasteiger partial charge in [-0.25, -0.2) is 4.79 Å². The van der Waals surface area contributed by atoms with Gasteiger partial charge >= 0.3 is 5.97 Å². The molecule has 1 aromatic rings. The minimum Gasteiger partial charge on any atom is -0.478 e. The molecular formula is C7H8N2O2. The molecule has 0 aliphatic rings. The Morgan fingerprint density at radius 3 is 2.82 bits per heavy atom. The van der Waals surface area contributed by atoms with Gasteiger partial charge < -0.3 is 9.67 Å². The third-order valence-electron chi connectivity index (χ3n) is 1.41. The van der Waals surface area contributed by atoms with E-state index in [2.05, 4.69) is 0 Å². The Kier molecular flexibility index (Phi) is 1.76. The molecule has 0 aromatic carbocycles. The van der Waals surface area contributed by atoms with Gasteiger partial charge in [0.2, 0.25) is 0 Å². The number of aromatic carboxylic acids is 1. The van der Waals surface area contributed by atoms with E-state index in [9.17, 15) is 4.79 Å². The molecule has 0 amide bonds. The Morgan fingerprint density at radius 1 is 1.73 bits per heavy atom. The van der Waals surface area contributed by atoms with Gasteiger partial charge in [-0.1, -0.05) is 0 Å². The van der Waals surface area contributed by atoms with E-state index in [1.807, 2.05) is 0 Å². The first-order chi connectivity index (χ1) is 5.13. The zero-order valence-corrected chi connectivity index (χ0v) is 6.03. The number of aromatic nitrogens is 1. The SMILES string of the molecule is Cn1cccc(C(=O)O)c1=N. The zero-order valence-electron chi connectivity index (χ0n) is 6.03. The lowest BCUT2D eigenvalue weighted by Gasteiger charge is -1.99. The molecule has 2 N–H and O–H groups in total. The number of nitrogens with zero attached hydrogens (tertiary/aromatic N) is 1. The van der Waals surface area contributed by atoms with Crippen molar-refractivity contribution >= 4 is 5.97 Å². The van der Waals surface area contributed by atoms with Gasteiger partial charge in [0.25, 0.3) is 0 Å². The summed E-state index contributed by atoms with van der Waals surface area (Å²) in [4.78, 5) is 10.4. The average Bonchev–Trinajstić information content (AvgIpc) is 1.94. The minimum absolute atomic E-state index is 0.0139. The van der Waals surface area contributed by atoms with Crippen LogP contribution >= 0.6 is 0 Å². The van der Waals surface area contributed by atoms with Crippen LogP contribution in [-0.4, -0.2) is 15.6 Å². The van der Waals surface area contributed by atoms with E-state index >= 15 is 0 Å². The maximum absolute atomic E-state index is 10.4. The quantitative estimate of drug-likeness (QED) is 0.603. The van der Waals surface area contributed by atoms with E-state index in [-0.39, 0.29) is 11.1 Å². The Labute approximate surface area is 63.2 Å². The number of pyridine rings is 1. The van der Waals surface area contributed by atoms with E-state index in [0.717, 1.165) is 0 Å². The fourth-order valence-corrected chi connectivity index (χ4v) is 0.784. The highest BCUT2D eigenvalue weighted by molar-refractivity contribution is 5.86. The summed E-state index contributed by atoms with van der Waals surface area (Å²) in [5.74, 6) is -1.06. The third-order valence-corrected chi connectivity index (χ3v) is 1.41. The van der Waals surface area contributed by atoms with Crippen molar-refractivity contribution in [3.63, 3.8) is 0 Å². The van der Waals surface area contributed by atoms with Crippen LogP contribution in [0.4, 0.5) is 0 Å². The van der Waals surface area contributed by atoms with Crippen LogP contribution in [0.1, 0.15) is 10.4 Å². The van der Waals surface area contributed by atoms with Crippen LogP contribution in [0.15, 0.2) is 18.3 Å². The fourth-order valence-electron chi connectivity index (χ4n) is 0.784. The van der Waals surface area contributed by atoms with Gasteiger partial charge in [-0.05, 0) is 12.1 Å². The highest BCUT2D eigenvalue weighted by Crippen LogP contribution is 1.88. The number of aryl methyl sites for hydroxylation is 1. The van der Waals surface area contributed by atoms with E-state index in [1.54, 1.807) is 19.3 Å². The lowest BCUT2D eigenvalue weighted by Crippen LogP contribution is -2.23. The number of nitrogens with one attached hydrogen (secondary N) is 1. The van der Waals surface area contributed by atoms with Crippen LogP contribution in [0.2, 0.25) is 0 Å². The summed E-state index contributed by atoms with van der Waals surface area (Å²) in [6.45, 7) is 0. The number of hydrogen-bond donors (Lipinski definition) is 2. The summed E-state index contributed by atoms with van der Waals surface area (Å²) in [5, 5.41) is 15.9. The second kappa shape index (κ2) is 2.57. The second-order valence-electron chi connectivity index (χ2n) is 2.19. The van der Waals surface area contributed by atoms with Gasteiger partial charge in [0, 0.05) is 13.2 Å². The maximum atomic E-state index is 10.4. The standard InChI is InChI=1S/C7H8N2O2/c1-9-4-2-3-5(6(9)8)7(10)11/h2-4,8H,1H3,(H,10,11). The van der Waals surface area contributed by atoms with Gasteiger partial charge in [-0.2, -0.15) is 0 Å². The number of hydrogen-bond acceptors (Lipinski definition) is 2. The maximum Gasteiger partial charge on any atom is 0.339 e. The molecule has 1 rings (SSSR count). The molecule has 4 heteroatoms. The smallest absolute Gasteiger partial charge is 0.339 e. The Bertz CT molecular complexity index is 341. The van der Waals surface area contributed by atoms with Crippen LogP contribution in [0.3, 0.4) is 0 Å². The highest BCUT2D eigenvalue weighted by Gasteiger charge is 2.04. The molecule has 0 radical (unpaired) electrons. The molecule has 0 spiro atoms. The second-order valence-corrected chi connectivity index (χ2v) is 2.19. The largest absolute Gasteiger partial charge is 0.478 e. The molecule has 0 aliphatic carbocycles. The predicted molar refractivity (Wildman–Crippen MR) is 38.2 cm³/mol. The van der Waals surface area contributed by atoms with Crippen molar-refractivity contribution in [2.45, 2.75) is 0 Å². The third kappa shape index (κ3) is 1.29. The summed E-state index contributed by atoms with van der Waals surface area (Å²) in [6, 6.07) is 3.01. The molecule has 0 unspecified atom stereocenters. The van der Waals surface area contributed by atoms with Crippen LogP contribution in [0.25, 0.3) is 0 Å².